The van der Waals surface area contributed by atoms with Crippen LogP contribution in [0.15, 0.2) is 0 Å². The van der Waals surface area contributed by atoms with Crippen molar-refractivity contribution in [1.82, 2.24) is 10.6 Å². The average Bonchev–Trinajstić information content (AvgIpc) is 2.35. The van der Waals surface area contributed by atoms with Crippen molar-refractivity contribution in [3.05, 3.63) is 0 Å². The second-order valence-corrected chi connectivity index (χ2v) is 5.63. The standard InChI is InChI=1S/C13H26N2O2.ClH/c1-13(2,7-9-17-3)10-15-12(16)11-6-4-5-8-14-11;/h11,14H,4-10H2,1-3H3,(H,15,16);1H/t11-;/m1./s1. The number of methoxy groups -OCH3 is 1. The Hall–Kier alpha value is -0.320. The maximum Gasteiger partial charge on any atom is 0.237 e. The summed E-state index contributed by atoms with van der Waals surface area (Å²) >= 11 is 0. The smallest absolute Gasteiger partial charge is 0.237 e. The molecule has 4 nitrogen and oxygen atoms in total. The first-order chi connectivity index (χ1) is 8.05. The topological polar surface area (TPSA) is 50.4 Å². The summed E-state index contributed by atoms with van der Waals surface area (Å²) < 4.78 is 5.08. The lowest BCUT2D eigenvalue weighted by Crippen LogP contribution is -2.48. The van der Waals surface area contributed by atoms with Crippen molar-refractivity contribution in [2.75, 3.05) is 26.8 Å². The highest BCUT2D eigenvalue weighted by molar-refractivity contribution is 5.85. The minimum atomic E-state index is 0. The summed E-state index contributed by atoms with van der Waals surface area (Å²) in [5.41, 5.74) is 0.0976. The van der Waals surface area contributed by atoms with E-state index in [0.717, 1.165) is 32.4 Å². The van der Waals surface area contributed by atoms with Crippen molar-refractivity contribution in [1.29, 1.82) is 0 Å². The van der Waals surface area contributed by atoms with Gasteiger partial charge in [0.25, 0.3) is 0 Å². The lowest BCUT2D eigenvalue weighted by atomic mass is 9.89. The fourth-order valence-corrected chi connectivity index (χ4v) is 1.99. The van der Waals surface area contributed by atoms with Gasteiger partial charge in [0.15, 0.2) is 0 Å². The molecule has 5 heteroatoms. The zero-order valence-electron chi connectivity index (χ0n) is 11.8. The molecule has 0 aromatic rings. The van der Waals surface area contributed by atoms with Crippen LogP contribution in [0.25, 0.3) is 0 Å². The zero-order valence-corrected chi connectivity index (χ0v) is 12.6. The van der Waals surface area contributed by atoms with Crippen molar-refractivity contribution in [2.24, 2.45) is 5.41 Å². The molecule has 0 aromatic heterocycles. The van der Waals surface area contributed by atoms with Crippen LogP contribution in [0.5, 0.6) is 0 Å². The number of hydrogen-bond acceptors (Lipinski definition) is 3. The maximum absolute atomic E-state index is 11.9. The number of carbonyl (C=O) groups excluding carboxylic acids is 1. The van der Waals surface area contributed by atoms with Gasteiger partial charge in [-0.1, -0.05) is 20.3 Å². The van der Waals surface area contributed by atoms with Crippen LogP contribution in [0.4, 0.5) is 0 Å². The summed E-state index contributed by atoms with van der Waals surface area (Å²) in [4.78, 5) is 11.9. The monoisotopic (exact) mass is 278 g/mol. The number of amides is 1. The summed E-state index contributed by atoms with van der Waals surface area (Å²) in [7, 11) is 1.71. The van der Waals surface area contributed by atoms with Crippen LogP contribution in [0.3, 0.4) is 0 Å². The van der Waals surface area contributed by atoms with Gasteiger partial charge in [0, 0.05) is 20.3 Å². The number of hydrogen-bond donors (Lipinski definition) is 2. The van der Waals surface area contributed by atoms with Gasteiger partial charge in [0.05, 0.1) is 6.04 Å². The molecule has 0 aromatic carbocycles. The van der Waals surface area contributed by atoms with E-state index in [0.29, 0.717) is 6.54 Å². The summed E-state index contributed by atoms with van der Waals surface area (Å²) in [5, 5.41) is 6.31. The molecular formula is C13H27ClN2O2. The summed E-state index contributed by atoms with van der Waals surface area (Å²) in [6, 6.07) is 0.0157. The predicted molar refractivity (Wildman–Crippen MR) is 76.2 cm³/mol. The minimum Gasteiger partial charge on any atom is -0.385 e. The lowest BCUT2D eigenvalue weighted by molar-refractivity contribution is -0.124. The molecule has 1 saturated heterocycles. The molecule has 1 rings (SSSR count). The molecule has 2 N–H and O–H groups in total. The van der Waals surface area contributed by atoms with Crippen LogP contribution >= 0.6 is 12.4 Å². The fourth-order valence-electron chi connectivity index (χ4n) is 1.99. The van der Waals surface area contributed by atoms with Gasteiger partial charge in [-0.2, -0.15) is 0 Å². The van der Waals surface area contributed by atoms with Crippen LogP contribution < -0.4 is 10.6 Å². The molecular weight excluding hydrogens is 252 g/mol. The maximum atomic E-state index is 11.9. The zero-order chi connectivity index (χ0) is 12.7. The Morgan fingerprint density at radius 3 is 2.72 bits per heavy atom. The van der Waals surface area contributed by atoms with Crippen molar-refractivity contribution in [3.63, 3.8) is 0 Å². The van der Waals surface area contributed by atoms with Gasteiger partial charge in [-0.05, 0) is 31.2 Å². The SMILES string of the molecule is COCCC(C)(C)CNC(=O)[C@H]1CCCCN1.Cl. The quantitative estimate of drug-likeness (QED) is 0.778. The number of ether oxygens (including phenoxy) is 1. The third-order valence-electron chi connectivity index (χ3n) is 3.35. The van der Waals surface area contributed by atoms with Crippen molar-refractivity contribution in [2.45, 2.75) is 45.6 Å². The van der Waals surface area contributed by atoms with Crippen molar-refractivity contribution >= 4 is 18.3 Å². The van der Waals surface area contributed by atoms with E-state index in [1.165, 1.54) is 6.42 Å². The molecule has 0 bridgehead atoms. The molecule has 0 radical (unpaired) electrons. The Kier molecular flexibility index (Phi) is 8.57. The van der Waals surface area contributed by atoms with Gasteiger partial charge in [0.1, 0.15) is 0 Å². The first-order valence-corrected chi connectivity index (χ1v) is 6.55. The first kappa shape index (κ1) is 17.7. The van der Waals surface area contributed by atoms with Crippen LogP contribution in [0.1, 0.15) is 39.5 Å². The Morgan fingerprint density at radius 2 is 2.17 bits per heavy atom. The van der Waals surface area contributed by atoms with Crippen molar-refractivity contribution < 1.29 is 9.53 Å². The van der Waals surface area contributed by atoms with Crippen LogP contribution in [-0.2, 0) is 9.53 Å². The Balaban J connectivity index is 0.00000289. The fraction of sp³-hybridized carbons (Fsp3) is 0.923. The summed E-state index contributed by atoms with van der Waals surface area (Å²) in [6.07, 6.45) is 4.26. The van der Waals surface area contributed by atoms with Crippen LogP contribution in [0.2, 0.25) is 0 Å². The number of piperidine rings is 1. The van der Waals surface area contributed by atoms with Crippen LogP contribution in [-0.4, -0.2) is 38.8 Å². The van der Waals surface area contributed by atoms with Crippen molar-refractivity contribution in [3.8, 4) is 0 Å². The van der Waals surface area contributed by atoms with E-state index in [-0.39, 0.29) is 29.8 Å². The van der Waals surface area contributed by atoms with Crippen LogP contribution in [0, 0.1) is 5.41 Å². The van der Waals surface area contributed by atoms with Gasteiger partial charge in [0.2, 0.25) is 5.91 Å². The largest absolute Gasteiger partial charge is 0.385 e. The number of halogens is 1. The molecule has 0 unspecified atom stereocenters. The van der Waals surface area contributed by atoms with Gasteiger partial charge in [-0.25, -0.2) is 0 Å². The molecule has 1 fully saturated rings. The van der Waals surface area contributed by atoms with E-state index >= 15 is 0 Å². The third kappa shape index (κ3) is 6.57. The molecule has 0 aliphatic carbocycles. The van der Waals surface area contributed by atoms with Gasteiger partial charge in [-0.3, -0.25) is 4.79 Å². The Morgan fingerprint density at radius 1 is 1.44 bits per heavy atom. The predicted octanol–water partition coefficient (Wildman–Crippen LogP) is 1.73. The first-order valence-electron chi connectivity index (χ1n) is 6.55. The van der Waals surface area contributed by atoms with E-state index in [1.807, 2.05) is 0 Å². The molecule has 1 aliphatic rings. The molecule has 18 heavy (non-hydrogen) atoms. The van der Waals surface area contributed by atoms with E-state index < -0.39 is 0 Å². The summed E-state index contributed by atoms with van der Waals surface area (Å²) in [5.74, 6) is 0.148. The second-order valence-electron chi connectivity index (χ2n) is 5.63. The lowest BCUT2D eigenvalue weighted by Gasteiger charge is -2.27. The van der Waals surface area contributed by atoms with Gasteiger partial charge in [-0.15, -0.1) is 12.4 Å². The highest BCUT2D eigenvalue weighted by atomic mass is 35.5. The molecule has 1 heterocycles. The number of rotatable bonds is 6. The molecule has 1 amide bonds. The molecule has 0 saturated carbocycles. The Bertz CT molecular complexity index is 241. The highest BCUT2D eigenvalue weighted by Crippen LogP contribution is 2.19. The van der Waals surface area contributed by atoms with Gasteiger partial charge < -0.3 is 15.4 Å². The number of nitrogens with one attached hydrogen (secondary N) is 2. The summed E-state index contributed by atoms with van der Waals surface area (Å²) in [6.45, 7) is 6.73. The molecule has 1 atom stereocenters. The van der Waals surface area contributed by atoms with E-state index in [9.17, 15) is 4.79 Å². The number of carbonyl (C=O) groups is 1. The highest BCUT2D eigenvalue weighted by Gasteiger charge is 2.23. The molecule has 108 valence electrons. The van der Waals surface area contributed by atoms with Gasteiger partial charge >= 0.3 is 0 Å². The van der Waals surface area contributed by atoms with E-state index in [2.05, 4.69) is 24.5 Å². The van der Waals surface area contributed by atoms with E-state index in [4.69, 9.17) is 4.74 Å². The molecule has 1 aliphatic heterocycles. The Labute approximate surface area is 117 Å². The third-order valence-corrected chi connectivity index (χ3v) is 3.35. The molecule has 0 spiro atoms. The second kappa shape index (κ2) is 8.73. The minimum absolute atomic E-state index is 0. The average molecular weight is 279 g/mol. The van der Waals surface area contributed by atoms with E-state index in [1.54, 1.807) is 7.11 Å². The normalized spacial score (nSPS) is 20.1.